The van der Waals surface area contributed by atoms with Crippen molar-refractivity contribution in [1.82, 2.24) is 4.90 Å². The van der Waals surface area contributed by atoms with Crippen molar-refractivity contribution in [2.45, 2.75) is 20.3 Å². The lowest BCUT2D eigenvalue weighted by Crippen LogP contribution is -2.30. The SMILES string of the molecule is CCN(CC)C(=O)c1ccc(NC(=O)Cc2ccc(OC)cc2OC)cc1. The van der Waals surface area contributed by atoms with Gasteiger partial charge in [0.25, 0.3) is 5.91 Å². The summed E-state index contributed by atoms with van der Waals surface area (Å²) in [6.45, 7) is 5.22. The lowest BCUT2D eigenvalue weighted by Gasteiger charge is -2.18. The molecule has 2 aromatic rings. The first-order valence-electron chi connectivity index (χ1n) is 8.92. The molecule has 0 unspecified atom stereocenters. The van der Waals surface area contributed by atoms with Crippen LogP contribution in [-0.2, 0) is 11.2 Å². The molecule has 1 N–H and O–H groups in total. The Hall–Kier alpha value is -3.02. The van der Waals surface area contributed by atoms with E-state index in [0.717, 1.165) is 5.56 Å². The van der Waals surface area contributed by atoms with Crippen LogP contribution in [0.3, 0.4) is 0 Å². The van der Waals surface area contributed by atoms with Crippen molar-refractivity contribution >= 4 is 17.5 Å². The summed E-state index contributed by atoms with van der Waals surface area (Å²) in [5.74, 6) is 1.09. The van der Waals surface area contributed by atoms with E-state index in [-0.39, 0.29) is 18.2 Å². The largest absolute Gasteiger partial charge is 0.497 e. The third-order valence-corrected chi connectivity index (χ3v) is 4.31. The van der Waals surface area contributed by atoms with Crippen molar-refractivity contribution in [1.29, 1.82) is 0 Å². The molecule has 0 aliphatic heterocycles. The molecular weight excluding hydrogens is 344 g/mol. The van der Waals surface area contributed by atoms with Crippen LogP contribution in [0.25, 0.3) is 0 Å². The number of rotatable bonds is 8. The molecule has 2 rings (SSSR count). The van der Waals surface area contributed by atoms with Crippen molar-refractivity contribution in [2.24, 2.45) is 0 Å². The van der Waals surface area contributed by atoms with E-state index in [1.165, 1.54) is 0 Å². The van der Waals surface area contributed by atoms with E-state index in [9.17, 15) is 9.59 Å². The van der Waals surface area contributed by atoms with Gasteiger partial charge in [-0.1, -0.05) is 6.07 Å². The molecule has 0 aliphatic rings. The zero-order valence-electron chi connectivity index (χ0n) is 16.2. The average Bonchev–Trinajstić information content (AvgIpc) is 2.69. The second-order valence-corrected chi connectivity index (χ2v) is 5.96. The Labute approximate surface area is 160 Å². The van der Waals surface area contributed by atoms with Crippen LogP contribution in [0.1, 0.15) is 29.8 Å². The second-order valence-electron chi connectivity index (χ2n) is 5.96. The number of nitrogens with zero attached hydrogens (tertiary/aromatic N) is 1. The van der Waals surface area contributed by atoms with E-state index in [1.54, 1.807) is 55.5 Å². The maximum absolute atomic E-state index is 12.4. The summed E-state index contributed by atoms with van der Waals surface area (Å²) in [5, 5.41) is 2.84. The van der Waals surface area contributed by atoms with E-state index in [4.69, 9.17) is 9.47 Å². The summed E-state index contributed by atoms with van der Waals surface area (Å²) in [6.07, 6.45) is 0.174. The summed E-state index contributed by atoms with van der Waals surface area (Å²) in [6, 6.07) is 12.3. The number of nitrogens with one attached hydrogen (secondary N) is 1. The van der Waals surface area contributed by atoms with Crippen LogP contribution < -0.4 is 14.8 Å². The van der Waals surface area contributed by atoms with Crippen molar-refractivity contribution in [2.75, 3.05) is 32.6 Å². The van der Waals surface area contributed by atoms with Crippen molar-refractivity contribution < 1.29 is 19.1 Å². The molecule has 144 valence electrons. The maximum Gasteiger partial charge on any atom is 0.253 e. The Bertz CT molecular complexity index is 783. The number of methoxy groups -OCH3 is 2. The minimum absolute atomic E-state index is 0.0131. The molecule has 6 nitrogen and oxygen atoms in total. The first-order chi connectivity index (χ1) is 13.0. The lowest BCUT2D eigenvalue weighted by molar-refractivity contribution is -0.115. The summed E-state index contributed by atoms with van der Waals surface area (Å²) in [5.41, 5.74) is 2.02. The number of carbonyl (C=O) groups excluding carboxylic acids is 2. The summed E-state index contributed by atoms with van der Waals surface area (Å²) < 4.78 is 10.5. The standard InChI is InChI=1S/C21H26N2O4/c1-5-23(6-2)21(25)15-7-10-17(11-8-15)22-20(24)13-16-9-12-18(26-3)14-19(16)27-4/h7-12,14H,5-6,13H2,1-4H3,(H,22,24). The van der Waals surface area contributed by atoms with Gasteiger partial charge in [-0.15, -0.1) is 0 Å². The smallest absolute Gasteiger partial charge is 0.253 e. The van der Waals surface area contributed by atoms with E-state index in [1.807, 2.05) is 19.9 Å². The number of hydrogen-bond donors (Lipinski definition) is 1. The number of amides is 2. The fourth-order valence-corrected chi connectivity index (χ4v) is 2.77. The highest BCUT2D eigenvalue weighted by Gasteiger charge is 2.13. The van der Waals surface area contributed by atoms with E-state index in [0.29, 0.717) is 35.8 Å². The fourth-order valence-electron chi connectivity index (χ4n) is 2.77. The maximum atomic E-state index is 12.4. The quantitative estimate of drug-likeness (QED) is 0.774. The summed E-state index contributed by atoms with van der Waals surface area (Å²) in [7, 11) is 3.14. The molecule has 0 spiro atoms. The van der Waals surface area contributed by atoms with Gasteiger partial charge in [0, 0.05) is 36.0 Å². The van der Waals surface area contributed by atoms with Crippen LogP contribution in [0.15, 0.2) is 42.5 Å². The first-order valence-corrected chi connectivity index (χ1v) is 8.92. The van der Waals surface area contributed by atoms with Gasteiger partial charge in [-0.05, 0) is 44.2 Å². The topological polar surface area (TPSA) is 67.9 Å². The Morgan fingerprint density at radius 3 is 2.19 bits per heavy atom. The Morgan fingerprint density at radius 1 is 0.963 bits per heavy atom. The third kappa shape index (κ3) is 5.23. The highest BCUT2D eigenvalue weighted by atomic mass is 16.5. The number of ether oxygens (including phenoxy) is 2. The Balaban J connectivity index is 2.03. The number of carbonyl (C=O) groups is 2. The lowest BCUT2D eigenvalue weighted by atomic mass is 10.1. The highest BCUT2D eigenvalue weighted by Crippen LogP contribution is 2.25. The number of hydrogen-bond acceptors (Lipinski definition) is 4. The molecule has 0 atom stereocenters. The summed E-state index contributed by atoms with van der Waals surface area (Å²) in [4.78, 5) is 26.4. The van der Waals surface area contributed by atoms with Crippen molar-refractivity contribution in [3.63, 3.8) is 0 Å². The number of benzene rings is 2. The Kier molecular flexibility index (Phi) is 7.23. The molecule has 0 radical (unpaired) electrons. The minimum Gasteiger partial charge on any atom is -0.497 e. The third-order valence-electron chi connectivity index (χ3n) is 4.31. The molecule has 2 aromatic carbocycles. The van der Waals surface area contributed by atoms with Gasteiger partial charge in [-0.3, -0.25) is 9.59 Å². The Morgan fingerprint density at radius 2 is 1.63 bits per heavy atom. The zero-order valence-corrected chi connectivity index (χ0v) is 16.2. The molecule has 0 saturated carbocycles. The van der Waals surface area contributed by atoms with Crippen LogP contribution in [0, 0.1) is 0 Å². The highest BCUT2D eigenvalue weighted by molar-refractivity contribution is 5.96. The molecule has 0 fully saturated rings. The fraction of sp³-hybridized carbons (Fsp3) is 0.333. The average molecular weight is 370 g/mol. The normalized spacial score (nSPS) is 10.2. The summed E-state index contributed by atoms with van der Waals surface area (Å²) >= 11 is 0. The van der Waals surface area contributed by atoms with Crippen LogP contribution in [0.2, 0.25) is 0 Å². The molecule has 0 heterocycles. The molecule has 0 saturated heterocycles. The second kappa shape index (κ2) is 9.62. The predicted octanol–water partition coefficient (Wildman–Crippen LogP) is 3.37. The van der Waals surface area contributed by atoms with Crippen LogP contribution in [0.4, 0.5) is 5.69 Å². The van der Waals surface area contributed by atoms with Gasteiger partial charge in [0.2, 0.25) is 5.91 Å². The van der Waals surface area contributed by atoms with Gasteiger partial charge < -0.3 is 19.7 Å². The van der Waals surface area contributed by atoms with Gasteiger partial charge in [0.15, 0.2) is 0 Å². The molecule has 0 aliphatic carbocycles. The molecule has 2 amide bonds. The van der Waals surface area contributed by atoms with Crippen LogP contribution in [-0.4, -0.2) is 44.0 Å². The monoisotopic (exact) mass is 370 g/mol. The van der Waals surface area contributed by atoms with Gasteiger partial charge >= 0.3 is 0 Å². The minimum atomic E-state index is -0.165. The van der Waals surface area contributed by atoms with Gasteiger partial charge in [0.05, 0.1) is 20.6 Å². The van der Waals surface area contributed by atoms with E-state index >= 15 is 0 Å². The molecular formula is C21H26N2O4. The van der Waals surface area contributed by atoms with E-state index < -0.39 is 0 Å². The predicted molar refractivity (Wildman–Crippen MR) is 106 cm³/mol. The van der Waals surface area contributed by atoms with Gasteiger partial charge in [0.1, 0.15) is 11.5 Å². The number of anilines is 1. The van der Waals surface area contributed by atoms with Gasteiger partial charge in [-0.25, -0.2) is 0 Å². The van der Waals surface area contributed by atoms with Gasteiger partial charge in [-0.2, -0.15) is 0 Å². The molecule has 0 aromatic heterocycles. The van der Waals surface area contributed by atoms with Crippen molar-refractivity contribution in [3.05, 3.63) is 53.6 Å². The van der Waals surface area contributed by atoms with Crippen LogP contribution >= 0.6 is 0 Å². The van der Waals surface area contributed by atoms with E-state index in [2.05, 4.69) is 5.32 Å². The first kappa shape index (κ1) is 20.3. The molecule has 27 heavy (non-hydrogen) atoms. The molecule has 0 bridgehead atoms. The van der Waals surface area contributed by atoms with Crippen molar-refractivity contribution in [3.8, 4) is 11.5 Å². The van der Waals surface area contributed by atoms with Crippen LogP contribution in [0.5, 0.6) is 11.5 Å². The zero-order chi connectivity index (χ0) is 19.8. The molecule has 6 heteroatoms.